The molecule has 0 aromatic rings. The number of methoxy groups -OCH3 is 1. The van der Waals surface area contributed by atoms with Gasteiger partial charge in [-0.05, 0) is 32.1 Å². The van der Waals surface area contributed by atoms with Gasteiger partial charge in [-0.25, -0.2) is 0 Å². The molecular weight excluding hydrogens is 200 g/mol. The van der Waals surface area contributed by atoms with Crippen LogP contribution in [-0.2, 0) is 4.74 Å². The minimum Gasteiger partial charge on any atom is -0.380 e. The summed E-state index contributed by atoms with van der Waals surface area (Å²) in [5.74, 6) is 0. The molecule has 0 aliphatic heterocycles. The second kappa shape index (κ2) is 6.58. The molecule has 2 atom stereocenters. The highest BCUT2D eigenvalue weighted by atomic mass is 16.5. The molecule has 3 nitrogen and oxygen atoms in total. The summed E-state index contributed by atoms with van der Waals surface area (Å²) in [7, 11) is 1.83. The first-order chi connectivity index (χ1) is 7.90. The number of ether oxygens (including phenoxy) is 1. The summed E-state index contributed by atoms with van der Waals surface area (Å²) >= 11 is 0. The van der Waals surface area contributed by atoms with E-state index in [1.54, 1.807) is 0 Å². The van der Waals surface area contributed by atoms with Crippen molar-refractivity contribution in [1.29, 1.82) is 0 Å². The van der Waals surface area contributed by atoms with E-state index in [1.165, 1.54) is 44.9 Å². The highest BCUT2D eigenvalue weighted by molar-refractivity contribution is 4.84. The topological polar surface area (TPSA) is 33.3 Å². The number of nitrogens with one attached hydrogen (secondary N) is 2. The molecule has 0 aromatic heterocycles. The summed E-state index contributed by atoms with van der Waals surface area (Å²) in [6.45, 7) is 2.19. The van der Waals surface area contributed by atoms with Gasteiger partial charge in [-0.15, -0.1) is 0 Å². The van der Waals surface area contributed by atoms with Gasteiger partial charge < -0.3 is 15.4 Å². The molecule has 94 valence electrons. The second-order valence-corrected chi connectivity index (χ2v) is 5.20. The Labute approximate surface area is 99.3 Å². The summed E-state index contributed by atoms with van der Waals surface area (Å²) in [5, 5.41) is 7.25. The lowest BCUT2D eigenvalue weighted by Gasteiger charge is -2.20. The van der Waals surface area contributed by atoms with Crippen molar-refractivity contribution in [1.82, 2.24) is 10.6 Å². The molecule has 2 aliphatic rings. The standard InChI is InChI=1S/C13H26N2O/c1-16-13-8-4-7-12(13)15-10-9-14-11-5-2-3-6-11/h11-15H,2-10H2,1H3. The predicted molar refractivity (Wildman–Crippen MR) is 66.7 cm³/mol. The number of rotatable bonds is 6. The van der Waals surface area contributed by atoms with Crippen LogP contribution in [-0.4, -0.2) is 38.4 Å². The summed E-state index contributed by atoms with van der Waals surface area (Å²) in [6.07, 6.45) is 9.86. The van der Waals surface area contributed by atoms with Gasteiger partial charge in [0, 0.05) is 32.3 Å². The lowest BCUT2D eigenvalue weighted by atomic mass is 10.2. The Balaban J connectivity index is 1.53. The monoisotopic (exact) mass is 226 g/mol. The Kier molecular flexibility index (Phi) is 5.07. The molecule has 2 fully saturated rings. The van der Waals surface area contributed by atoms with E-state index < -0.39 is 0 Å². The van der Waals surface area contributed by atoms with Gasteiger partial charge in [0.15, 0.2) is 0 Å². The Bertz CT molecular complexity index is 192. The minimum absolute atomic E-state index is 0.450. The first-order valence-corrected chi connectivity index (χ1v) is 6.89. The van der Waals surface area contributed by atoms with Crippen LogP contribution in [0.5, 0.6) is 0 Å². The van der Waals surface area contributed by atoms with Crippen LogP contribution in [0.4, 0.5) is 0 Å². The van der Waals surface area contributed by atoms with Gasteiger partial charge >= 0.3 is 0 Å². The Morgan fingerprint density at radius 2 is 1.69 bits per heavy atom. The summed E-state index contributed by atoms with van der Waals surface area (Å²) in [5.41, 5.74) is 0. The first kappa shape index (κ1) is 12.3. The second-order valence-electron chi connectivity index (χ2n) is 5.20. The van der Waals surface area contributed by atoms with Crippen LogP contribution in [0.2, 0.25) is 0 Å². The molecule has 3 heteroatoms. The SMILES string of the molecule is COC1CCCC1NCCNC1CCCC1. The molecule has 0 spiro atoms. The van der Waals surface area contributed by atoms with E-state index in [4.69, 9.17) is 4.74 Å². The van der Waals surface area contributed by atoms with Gasteiger partial charge in [0.05, 0.1) is 6.10 Å². The van der Waals surface area contributed by atoms with Gasteiger partial charge in [-0.1, -0.05) is 12.8 Å². The largest absolute Gasteiger partial charge is 0.380 e. The maximum atomic E-state index is 5.47. The zero-order valence-electron chi connectivity index (χ0n) is 10.5. The quantitative estimate of drug-likeness (QED) is 0.676. The molecular formula is C13H26N2O. The van der Waals surface area contributed by atoms with Crippen molar-refractivity contribution >= 4 is 0 Å². The Morgan fingerprint density at radius 1 is 0.938 bits per heavy atom. The van der Waals surface area contributed by atoms with Crippen LogP contribution in [0, 0.1) is 0 Å². The van der Waals surface area contributed by atoms with Gasteiger partial charge in [-0.2, -0.15) is 0 Å². The fourth-order valence-electron chi connectivity index (χ4n) is 3.11. The van der Waals surface area contributed by atoms with Gasteiger partial charge in [0.25, 0.3) is 0 Å². The normalized spacial score (nSPS) is 31.3. The third-order valence-electron chi connectivity index (χ3n) is 4.08. The Morgan fingerprint density at radius 3 is 2.44 bits per heavy atom. The van der Waals surface area contributed by atoms with Crippen molar-refractivity contribution < 1.29 is 4.74 Å². The molecule has 0 aromatic carbocycles. The van der Waals surface area contributed by atoms with Crippen molar-refractivity contribution in [2.24, 2.45) is 0 Å². The lowest BCUT2D eigenvalue weighted by molar-refractivity contribution is 0.0853. The van der Waals surface area contributed by atoms with E-state index in [-0.39, 0.29) is 0 Å². The molecule has 0 saturated heterocycles. The van der Waals surface area contributed by atoms with Crippen LogP contribution in [0.3, 0.4) is 0 Å². The fraction of sp³-hybridized carbons (Fsp3) is 1.00. The van der Waals surface area contributed by atoms with Gasteiger partial charge in [-0.3, -0.25) is 0 Å². The molecule has 2 unspecified atom stereocenters. The van der Waals surface area contributed by atoms with Gasteiger partial charge in [0.2, 0.25) is 0 Å². The first-order valence-electron chi connectivity index (χ1n) is 6.89. The molecule has 0 amide bonds. The molecule has 2 saturated carbocycles. The van der Waals surface area contributed by atoms with E-state index in [2.05, 4.69) is 10.6 Å². The van der Waals surface area contributed by atoms with Crippen LogP contribution in [0.15, 0.2) is 0 Å². The molecule has 16 heavy (non-hydrogen) atoms. The average molecular weight is 226 g/mol. The van der Waals surface area contributed by atoms with E-state index in [1.807, 2.05) is 7.11 Å². The van der Waals surface area contributed by atoms with E-state index >= 15 is 0 Å². The van der Waals surface area contributed by atoms with E-state index in [9.17, 15) is 0 Å². The van der Waals surface area contributed by atoms with Crippen LogP contribution in [0.25, 0.3) is 0 Å². The number of hydrogen-bond acceptors (Lipinski definition) is 3. The molecule has 2 aliphatic carbocycles. The number of hydrogen-bond donors (Lipinski definition) is 2. The molecule has 0 radical (unpaired) electrons. The Hall–Kier alpha value is -0.120. The highest BCUT2D eigenvalue weighted by Crippen LogP contribution is 2.21. The van der Waals surface area contributed by atoms with Crippen LogP contribution in [0.1, 0.15) is 44.9 Å². The van der Waals surface area contributed by atoms with Crippen molar-refractivity contribution in [3.05, 3.63) is 0 Å². The van der Waals surface area contributed by atoms with Crippen molar-refractivity contribution in [2.45, 2.75) is 63.1 Å². The van der Waals surface area contributed by atoms with Crippen LogP contribution >= 0.6 is 0 Å². The lowest BCUT2D eigenvalue weighted by Crippen LogP contribution is -2.41. The highest BCUT2D eigenvalue weighted by Gasteiger charge is 2.26. The maximum Gasteiger partial charge on any atom is 0.0724 e. The molecule has 0 heterocycles. The molecule has 2 rings (SSSR count). The third kappa shape index (κ3) is 3.44. The van der Waals surface area contributed by atoms with E-state index in [0.717, 1.165) is 19.1 Å². The van der Waals surface area contributed by atoms with Crippen LogP contribution < -0.4 is 10.6 Å². The molecule has 2 N–H and O–H groups in total. The summed E-state index contributed by atoms with van der Waals surface area (Å²) < 4.78 is 5.47. The maximum absolute atomic E-state index is 5.47. The van der Waals surface area contributed by atoms with Crippen molar-refractivity contribution in [3.63, 3.8) is 0 Å². The summed E-state index contributed by atoms with van der Waals surface area (Å²) in [4.78, 5) is 0. The minimum atomic E-state index is 0.450. The zero-order chi connectivity index (χ0) is 11.2. The predicted octanol–water partition coefficient (Wildman–Crippen LogP) is 1.68. The fourth-order valence-corrected chi connectivity index (χ4v) is 3.11. The zero-order valence-corrected chi connectivity index (χ0v) is 10.5. The van der Waals surface area contributed by atoms with Gasteiger partial charge in [0.1, 0.15) is 0 Å². The smallest absolute Gasteiger partial charge is 0.0724 e. The van der Waals surface area contributed by atoms with E-state index in [0.29, 0.717) is 12.1 Å². The van der Waals surface area contributed by atoms with Crippen molar-refractivity contribution in [3.8, 4) is 0 Å². The third-order valence-corrected chi connectivity index (χ3v) is 4.08. The summed E-state index contributed by atoms with van der Waals surface area (Å²) in [6, 6.07) is 1.39. The average Bonchev–Trinajstić information content (AvgIpc) is 2.95. The van der Waals surface area contributed by atoms with Crippen molar-refractivity contribution in [2.75, 3.05) is 20.2 Å². The molecule has 0 bridgehead atoms.